The zero-order valence-electron chi connectivity index (χ0n) is 13.1. The summed E-state index contributed by atoms with van der Waals surface area (Å²) in [5, 5.41) is 0. The van der Waals surface area contributed by atoms with Crippen LogP contribution in [0.15, 0.2) is 42.5 Å². The smallest absolute Gasteiger partial charge is 0.312 e. The van der Waals surface area contributed by atoms with Crippen molar-refractivity contribution in [2.45, 2.75) is 24.7 Å². The van der Waals surface area contributed by atoms with Crippen LogP contribution in [-0.2, 0) is 19.1 Å². The second-order valence-corrected chi connectivity index (χ2v) is 6.48. The summed E-state index contributed by atoms with van der Waals surface area (Å²) >= 11 is 0. The number of nitrogens with zero attached hydrogens (tertiary/aromatic N) is 1. The molecule has 3 aliphatic rings. The lowest BCUT2D eigenvalue weighted by Crippen LogP contribution is -2.39. The number of amides is 1. The second-order valence-electron chi connectivity index (χ2n) is 6.48. The third-order valence-electron chi connectivity index (χ3n) is 5.35. The Morgan fingerprint density at radius 1 is 1.39 bits per heavy atom. The molecule has 0 aliphatic carbocycles. The monoisotopic (exact) mass is 313 g/mol. The van der Waals surface area contributed by atoms with Gasteiger partial charge in [0.05, 0.1) is 31.7 Å². The predicted octanol–water partition coefficient (Wildman–Crippen LogP) is 1.70. The summed E-state index contributed by atoms with van der Waals surface area (Å²) in [5.41, 5.74) is 0.397. The molecule has 5 nitrogen and oxygen atoms in total. The van der Waals surface area contributed by atoms with Gasteiger partial charge in [-0.25, -0.2) is 0 Å². The highest BCUT2D eigenvalue weighted by Gasteiger charge is 2.67. The summed E-state index contributed by atoms with van der Waals surface area (Å²) in [4.78, 5) is 27.0. The van der Waals surface area contributed by atoms with E-state index in [1.807, 2.05) is 54.3 Å². The van der Waals surface area contributed by atoms with Crippen molar-refractivity contribution < 1.29 is 19.1 Å². The number of rotatable bonds is 3. The molecule has 1 aromatic rings. The van der Waals surface area contributed by atoms with E-state index >= 15 is 0 Å². The summed E-state index contributed by atoms with van der Waals surface area (Å²) in [7, 11) is 1.36. The fourth-order valence-electron chi connectivity index (χ4n) is 4.17. The molecule has 0 aromatic heterocycles. The normalized spacial score (nSPS) is 35.5. The van der Waals surface area contributed by atoms with Crippen LogP contribution in [0.1, 0.15) is 18.5 Å². The Kier molecular flexibility index (Phi) is 3.10. The van der Waals surface area contributed by atoms with Crippen molar-refractivity contribution in [3.05, 3.63) is 48.0 Å². The molecule has 4 rings (SSSR count). The van der Waals surface area contributed by atoms with Gasteiger partial charge >= 0.3 is 5.97 Å². The first kappa shape index (κ1) is 14.5. The third kappa shape index (κ3) is 1.89. The van der Waals surface area contributed by atoms with Crippen LogP contribution in [0.4, 0.5) is 0 Å². The maximum absolute atomic E-state index is 13.0. The van der Waals surface area contributed by atoms with Crippen molar-refractivity contribution in [1.82, 2.24) is 4.90 Å². The van der Waals surface area contributed by atoms with Crippen LogP contribution in [0.25, 0.3) is 0 Å². The molecule has 0 unspecified atom stereocenters. The number of carbonyl (C=O) groups is 2. The minimum Gasteiger partial charge on any atom is -0.469 e. The molecular formula is C18H19NO4. The highest BCUT2D eigenvalue weighted by Crippen LogP contribution is 2.53. The van der Waals surface area contributed by atoms with E-state index < -0.39 is 17.4 Å². The Bertz CT molecular complexity index is 686. The second kappa shape index (κ2) is 4.93. The number of methoxy groups -OCH3 is 1. The lowest BCUT2D eigenvalue weighted by atomic mass is 9.77. The maximum Gasteiger partial charge on any atom is 0.312 e. The van der Waals surface area contributed by atoms with Crippen molar-refractivity contribution in [3.8, 4) is 0 Å². The molecule has 0 N–H and O–H groups in total. The largest absolute Gasteiger partial charge is 0.469 e. The number of likely N-dealkylation sites (tertiary alicyclic amines) is 1. The lowest BCUT2D eigenvalue weighted by molar-refractivity contribution is -0.151. The molecule has 2 bridgehead atoms. The number of carbonyl (C=O) groups excluding carboxylic acids is 2. The Morgan fingerprint density at radius 3 is 2.83 bits per heavy atom. The van der Waals surface area contributed by atoms with Crippen molar-refractivity contribution in [3.63, 3.8) is 0 Å². The standard InChI is InChI=1S/C18H19NO4/c1-11(12-6-4-3-5-7-12)19-10-18-9-8-13(23-18)14(17(21)22-2)15(18)16(19)20/h3-9,11,13-15H,10H2,1-2H3/t11-,13+,14-,15+,18+/m0/s1. The van der Waals surface area contributed by atoms with Gasteiger partial charge in [-0.2, -0.15) is 0 Å². The van der Waals surface area contributed by atoms with Gasteiger partial charge in [-0.05, 0) is 12.5 Å². The van der Waals surface area contributed by atoms with Gasteiger partial charge < -0.3 is 14.4 Å². The van der Waals surface area contributed by atoms with Crippen LogP contribution in [0.3, 0.4) is 0 Å². The first-order valence-corrected chi connectivity index (χ1v) is 7.88. The van der Waals surface area contributed by atoms with Crippen molar-refractivity contribution in [2.75, 3.05) is 13.7 Å². The van der Waals surface area contributed by atoms with Crippen LogP contribution in [0, 0.1) is 11.8 Å². The van der Waals surface area contributed by atoms with E-state index in [0.29, 0.717) is 6.54 Å². The highest BCUT2D eigenvalue weighted by atomic mass is 16.5. The van der Waals surface area contributed by atoms with Crippen molar-refractivity contribution in [1.29, 1.82) is 0 Å². The molecule has 1 aromatic carbocycles. The fourth-order valence-corrected chi connectivity index (χ4v) is 4.17. The van der Waals surface area contributed by atoms with Gasteiger partial charge in [-0.1, -0.05) is 42.5 Å². The van der Waals surface area contributed by atoms with Gasteiger partial charge in [-0.3, -0.25) is 9.59 Å². The number of ether oxygens (including phenoxy) is 2. The van der Waals surface area contributed by atoms with Gasteiger partial charge in [0, 0.05) is 0 Å². The summed E-state index contributed by atoms with van der Waals surface area (Å²) in [5.74, 6) is -1.40. The van der Waals surface area contributed by atoms with E-state index in [-0.39, 0.29) is 24.0 Å². The number of esters is 1. The molecule has 3 heterocycles. The number of fused-ring (bicyclic) bond motifs is 1. The van der Waals surface area contributed by atoms with E-state index in [2.05, 4.69) is 0 Å². The molecule has 2 fully saturated rings. The summed E-state index contributed by atoms with van der Waals surface area (Å²) in [6.45, 7) is 2.49. The van der Waals surface area contributed by atoms with Gasteiger partial charge in [0.1, 0.15) is 11.5 Å². The van der Waals surface area contributed by atoms with Crippen molar-refractivity contribution >= 4 is 11.9 Å². The maximum atomic E-state index is 13.0. The number of hydrogen-bond donors (Lipinski definition) is 0. The summed E-state index contributed by atoms with van der Waals surface area (Å²) in [6.07, 6.45) is 3.50. The quantitative estimate of drug-likeness (QED) is 0.629. The molecule has 0 radical (unpaired) electrons. The zero-order valence-corrected chi connectivity index (χ0v) is 13.1. The first-order chi connectivity index (χ1) is 11.1. The molecular weight excluding hydrogens is 294 g/mol. The Hall–Kier alpha value is -2.14. The zero-order chi connectivity index (χ0) is 16.2. The number of benzene rings is 1. The molecule has 1 spiro atoms. The van der Waals surface area contributed by atoms with Crippen LogP contribution in [0.2, 0.25) is 0 Å². The van der Waals surface area contributed by atoms with Crippen LogP contribution in [-0.4, -0.2) is 42.1 Å². The molecule has 2 saturated heterocycles. The fraction of sp³-hybridized carbons (Fsp3) is 0.444. The van der Waals surface area contributed by atoms with E-state index in [4.69, 9.17) is 9.47 Å². The molecule has 120 valence electrons. The van der Waals surface area contributed by atoms with Gasteiger partial charge in [0.2, 0.25) is 5.91 Å². The first-order valence-electron chi connectivity index (χ1n) is 7.88. The molecule has 5 atom stereocenters. The van der Waals surface area contributed by atoms with E-state index in [1.165, 1.54) is 7.11 Å². The highest BCUT2D eigenvalue weighted by molar-refractivity contribution is 5.91. The average molecular weight is 313 g/mol. The average Bonchev–Trinajstić information content (AvgIpc) is 3.22. The number of hydrogen-bond acceptors (Lipinski definition) is 4. The van der Waals surface area contributed by atoms with Gasteiger partial charge in [0.25, 0.3) is 0 Å². The predicted molar refractivity (Wildman–Crippen MR) is 82.3 cm³/mol. The van der Waals surface area contributed by atoms with E-state index in [9.17, 15) is 9.59 Å². The third-order valence-corrected chi connectivity index (χ3v) is 5.35. The van der Waals surface area contributed by atoms with Crippen LogP contribution >= 0.6 is 0 Å². The van der Waals surface area contributed by atoms with Gasteiger partial charge in [0.15, 0.2) is 0 Å². The molecule has 5 heteroatoms. The minimum absolute atomic E-state index is 0.0244. The Balaban J connectivity index is 1.67. The minimum atomic E-state index is -0.677. The van der Waals surface area contributed by atoms with Gasteiger partial charge in [-0.15, -0.1) is 0 Å². The van der Waals surface area contributed by atoms with Crippen LogP contribution < -0.4 is 0 Å². The van der Waals surface area contributed by atoms with E-state index in [1.54, 1.807) is 0 Å². The molecule has 23 heavy (non-hydrogen) atoms. The molecule has 0 saturated carbocycles. The molecule has 1 amide bonds. The summed E-state index contributed by atoms with van der Waals surface area (Å²) < 4.78 is 10.9. The molecule has 3 aliphatic heterocycles. The Labute approximate surface area is 134 Å². The van der Waals surface area contributed by atoms with Crippen molar-refractivity contribution in [2.24, 2.45) is 11.8 Å². The lowest BCUT2D eigenvalue weighted by Gasteiger charge is -2.27. The Morgan fingerprint density at radius 2 is 2.13 bits per heavy atom. The summed E-state index contributed by atoms with van der Waals surface area (Å²) in [6, 6.07) is 9.84. The van der Waals surface area contributed by atoms with Crippen LogP contribution in [0.5, 0.6) is 0 Å². The van der Waals surface area contributed by atoms with E-state index in [0.717, 1.165) is 5.56 Å². The SMILES string of the molecule is COC(=O)[C@H]1[C@H]2C=C[C@]3(CN([C@@H](C)c4ccccc4)C(=O)[C@@H]13)O2. The topological polar surface area (TPSA) is 55.8 Å².